The van der Waals surface area contributed by atoms with Crippen LogP contribution in [0.15, 0.2) is 0 Å². The van der Waals surface area contributed by atoms with Crippen LogP contribution in [0.25, 0.3) is 0 Å². The summed E-state index contributed by atoms with van der Waals surface area (Å²) in [6.07, 6.45) is 8.98. The molecule has 0 saturated heterocycles. The van der Waals surface area contributed by atoms with Crippen LogP contribution in [0.2, 0.25) is 0 Å². The molecule has 0 aliphatic heterocycles. The molecule has 16 heavy (non-hydrogen) atoms. The highest BCUT2D eigenvalue weighted by Gasteiger charge is 2.34. The Morgan fingerprint density at radius 1 is 1.31 bits per heavy atom. The van der Waals surface area contributed by atoms with Crippen LogP contribution in [0.5, 0.6) is 0 Å². The van der Waals surface area contributed by atoms with Gasteiger partial charge in [-0.25, -0.2) is 4.98 Å². The van der Waals surface area contributed by atoms with Gasteiger partial charge >= 0.3 is 0 Å². The van der Waals surface area contributed by atoms with Crippen molar-refractivity contribution in [2.24, 2.45) is 5.41 Å². The van der Waals surface area contributed by atoms with Crippen LogP contribution in [-0.4, -0.2) is 4.98 Å². The third-order valence-corrected chi connectivity index (χ3v) is 4.71. The lowest BCUT2D eigenvalue weighted by Gasteiger charge is -2.36. The maximum Gasteiger partial charge on any atom is 0.180 e. The molecule has 0 spiro atoms. The summed E-state index contributed by atoms with van der Waals surface area (Å²) in [4.78, 5) is 5.90. The van der Waals surface area contributed by atoms with Gasteiger partial charge in [0, 0.05) is 4.88 Å². The van der Waals surface area contributed by atoms with E-state index in [9.17, 15) is 0 Å². The number of anilines is 1. The van der Waals surface area contributed by atoms with Gasteiger partial charge in [-0.15, -0.1) is 11.3 Å². The molecular weight excluding hydrogens is 216 g/mol. The van der Waals surface area contributed by atoms with Crippen LogP contribution in [-0.2, 0) is 12.8 Å². The number of rotatable bonds is 4. The van der Waals surface area contributed by atoms with E-state index in [1.165, 1.54) is 49.1 Å². The molecule has 2 N–H and O–H groups in total. The zero-order valence-corrected chi connectivity index (χ0v) is 11.2. The molecule has 1 aromatic heterocycles. The van der Waals surface area contributed by atoms with Crippen molar-refractivity contribution in [2.45, 2.75) is 58.8 Å². The number of hydrogen-bond donors (Lipinski definition) is 1. The molecule has 1 aliphatic carbocycles. The largest absolute Gasteiger partial charge is 0.375 e. The summed E-state index contributed by atoms with van der Waals surface area (Å²) >= 11 is 1.71. The summed E-state index contributed by atoms with van der Waals surface area (Å²) in [7, 11) is 0. The predicted octanol–water partition coefficient (Wildman–Crippen LogP) is 3.80. The average molecular weight is 238 g/mol. The van der Waals surface area contributed by atoms with Crippen LogP contribution in [0.3, 0.4) is 0 Å². The number of nitrogens with zero attached hydrogens (tertiary/aromatic N) is 1. The molecule has 2 rings (SSSR count). The molecule has 1 aliphatic rings. The van der Waals surface area contributed by atoms with Crippen LogP contribution < -0.4 is 5.73 Å². The summed E-state index contributed by atoms with van der Waals surface area (Å²) in [6, 6.07) is 0. The number of fused-ring (bicyclic) bond motifs is 1. The molecule has 90 valence electrons. The normalized spacial score (nSPS) is 18.4. The first-order valence-corrected chi connectivity index (χ1v) is 7.25. The Balaban J connectivity index is 2.19. The van der Waals surface area contributed by atoms with Gasteiger partial charge in [-0.05, 0) is 37.5 Å². The smallest absolute Gasteiger partial charge is 0.180 e. The second-order valence-electron chi connectivity index (χ2n) is 5.10. The Bertz CT molecular complexity index is 351. The van der Waals surface area contributed by atoms with Crippen LogP contribution >= 0.6 is 11.3 Å². The highest BCUT2D eigenvalue weighted by molar-refractivity contribution is 7.15. The number of nitrogen functional groups attached to an aromatic ring is 1. The topological polar surface area (TPSA) is 38.9 Å². The lowest BCUT2D eigenvalue weighted by atomic mass is 9.69. The van der Waals surface area contributed by atoms with Gasteiger partial charge in [0.2, 0.25) is 0 Å². The number of hydrogen-bond acceptors (Lipinski definition) is 3. The van der Waals surface area contributed by atoms with Gasteiger partial charge in [-0.3, -0.25) is 0 Å². The lowest BCUT2D eigenvalue weighted by molar-refractivity contribution is 0.201. The SMILES string of the molecule is CCCC1(CCC)CCc2nc(N)sc2C1. The van der Waals surface area contributed by atoms with E-state index in [2.05, 4.69) is 18.8 Å². The van der Waals surface area contributed by atoms with Crippen molar-refractivity contribution in [2.75, 3.05) is 5.73 Å². The highest BCUT2D eigenvalue weighted by Crippen LogP contribution is 2.44. The van der Waals surface area contributed by atoms with Crippen molar-refractivity contribution >= 4 is 16.5 Å². The molecule has 1 aromatic rings. The molecule has 0 fully saturated rings. The average Bonchev–Trinajstić information content (AvgIpc) is 2.58. The Morgan fingerprint density at radius 3 is 2.62 bits per heavy atom. The molecule has 1 heterocycles. The van der Waals surface area contributed by atoms with Gasteiger partial charge in [-0.1, -0.05) is 26.7 Å². The summed E-state index contributed by atoms with van der Waals surface area (Å²) in [6.45, 7) is 4.60. The van der Waals surface area contributed by atoms with E-state index in [0.717, 1.165) is 11.6 Å². The maximum absolute atomic E-state index is 5.80. The second kappa shape index (κ2) is 4.74. The molecule has 0 bridgehead atoms. The van der Waals surface area contributed by atoms with E-state index in [1.807, 2.05) is 0 Å². The second-order valence-corrected chi connectivity index (χ2v) is 6.21. The fraction of sp³-hybridized carbons (Fsp3) is 0.769. The standard InChI is InChI=1S/C13H22N2S/c1-3-6-13(7-4-2)8-5-10-11(9-13)16-12(14)15-10/h3-9H2,1-2H3,(H2,14,15). The molecule has 2 nitrogen and oxygen atoms in total. The van der Waals surface area contributed by atoms with Gasteiger partial charge in [0.05, 0.1) is 5.69 Å². The molecule has 0 radical (unpaired) electrons. The minimum Gasteiger partial charge on any atom is -0.375 e. The maximum atomic E-state index is 5.80. The van der Waals surface area contributed by atoms with Crippen LogP contribution in [0.4, 0.5) is 5.13 Å². The number of thiazole rings is 1. The van der Waals surface area contributed by atoms with E-state index in [-0.39, 0.29) is 0 Å². The Labute approximate surface area is 102 Å². The van der Waals surface area contributed by atoms with Crippen molar-refractivity contribution in [3.63, 3.8) is 0 Å². The number of aryl methyl sites for hydroxylation is 1. The van der Waals surface area contributed by atoms with Gasteiger partial charge in [0.15, 0.2) is 5.13 Å². The summed E-state index contributed by atoms with van der Waals surface area (Å²) < 4.78 is 0. The minimum atomic E-state index is 0.551. The molecule has 0 amide bonds. The first kappa shape index (κ1) is 11.9. The third kappa shape index (κ3) is 2.24. The van der Waals surface area contributed by atoms with Gasteiger partial charge < -0.3 is 5.73 Å². The zero-order chi connectivity index (χ0) is 11.6. The quantitative estimate of drug-likeness (QED) is 0.866. The fourth-order valence-corrected chi connectivity index (χ4v) is 4.21. The Morgan fingerprint density at radius 2 is 2.00 bits per heavy atom. The predicted molar refractivity (Wildman–Crippen MR) is 70.8 cm³/mol. The van der Waals surface area contributed by atoms with Crippen molar-refractivity contribution in [3.05, 3.63) is 10.6 Å². The van der Waals surface area contributed by atoms with Crippen LogP contribution in [0, 0.1) is 5.41 Å². The molecule has 0 saturated carbocycles. The summed E-state index contributed by atoms with van der Waals surface area (Å²) in [5.74, 6) is 0. The van der Waals surface area contributed by atoms with Gasteiger partial charge in [-0.2, -0.15) is 0 Å². The molecular formula is C13H22N2S. The van der Waals surface area contributed by atoms with E-state index < -0.39 is 0 Å². The van der Waals surface area contributed by atoms with Crippen molar-refractivity contribution < 1.29 is 0 Å². The van der Waals surface area contributed by atoms with Gasteiger partial charge in [0.1, 0.15) is 0 Å². The van der Waals surface area contributed by atoms with E-state index in [4.69, 9.17) is 5.73 Å². The first-order valence-electron chi connectivity index (χ1n) is 6.43. The van der Waals surface area contributed by atoms with Crippen molar-refractivity contribution in [1.29, 1.82) is 0 Å². The third-order valence-electron chi connectivity index (χ3n) is 3.78. The Kier molecular flexibility index (Phi) is 3.53. The van der Waals surface area contributed by atoms with Crippen molar-refractivity contribution in [1.82, 2.24) is 4.98 Å². The molecule has 0 unspecified atom stereocenters. The highest BCUT2D eigenvalue weighted by atomic mass is 32.1. The summed E-state index contributed by atoms with van der Waals surface area (Å²) in [5, 5.41) is 0.758. The molecule has 0 atom stereocenters. The van der Waals surface area contributed by atoms with E-state index in [0.29, 0.717) is 5.41 Å². The van der Waals surface area contributed by atoms with Crippen molar-refractivity contribution in [3.8, 4) is 0 Å². The van der Waals surface area contributed by atoms with Crippen LogP contribution in [0.1, 0.15) is 56.5 Å². The van der Waals surface area contributed by atoms with Gasteiger partial charge in [0.25, 0.3) is 0 Å². The fourth-order valence-electron chi connectivity index (χ4n) is 3.16. The monoisotopic (exact) mass is 238 g/mol. The first-order chi connectivity index (χ1) is 7.69. The zero-order valence-electron chi connectivity index (χ0n) is 10.4. The Hall–Kier alpha value is -0.570. The molecule has 3 heteroatoms. The summed E-state index contributed by atoms with van der Waals surface area (Å²) in [5.41, 5.74) is 7.64. The minimum absolute atomic E-state index is 0.551. The molecule has 0 aromatic carbocycles. The number of aromatic nitrogens is 1. The lowest BCUT2D eigenvalue weighted by Crippen LogP contribution is -2.28. The van der Waals surface area contributed by atoms with E-state index >= 15 is 0 Å². The number of nitrogens with two attached hydrogens (primary N) is 1. The van der Waals surface area contributed by atoms with E-state index in [1.54, 1.807) is 11.3 Å².